The molecule has 3 aromatic rings. The molecule has 5 rings (SSSR count). The van der Waals surface area contributed by atoms with Crippen LogP contribution in [-0.4, -0.2) is 35.3 Å². The number of aromatic nitrogens is 2. The quantitative estimate of drug-likeness (QED) is 0.431. The third kappa shape index (κ3) is 3.46. The Morgan fingerprint density at radius 1 is 1.03 bits per heavy atom. The zero-order valence-corrected chi connectivity index (χ0v) is 19.1. The van der Waals surface area contributed by atoms with Crippen molar-refractivity contribution in [2.24, 2.45) is 0 Å². The van der Waals surface area contributed by atoms with E-state index in [0.29, 0.717) is 47.8 Å². The van der Waals surface area contributed by atoms with Gasteiger partial charge in [-0.05, 0) is 30.4 Å². The van der Waals surface area contributed by atoms with Crippen molar-refractivity contribution >= 4 is 29.1 Å². The first kappa shape index (κ1) is 21.5. The van der Waals surface area contributed by atoms with E-state index in [-0.39, 0.29) is 5.78 Å². The molecule has 1 aromatic heterocycles. The van der Waals surface area contributed by atoms with Gasteiger partial charge in [0.05, 0.1) is 11.3 Å². The molecule has 0 unspecified atom stereocenters. The zero-order valence-electron chi connectivity index (χ0n) is 18.3. The minimum Gasteiger partial charge on any atom is -0.385 e. The van der Waals surface area contributed by atoms with Gasteiger partial charge in [-0.2, -0.15) is 0 Å². The third-order valence-electron chi connectivity index (χ3n) is 6.19. The number of thioether (sulfide) groups is 1. The summed E-state index contributed by atoms with van der Waals surface area (Å²) in [6, 6.07) is 15.3. The summed E-state index contributed by atoms with van der Waals surface area (Å²) in [5.41, 5.74) is 2.81. The van der Waals surface area contributed by atoms with Crippen LogP contribution in [0.3, 0.4) is 0 Å². The van der Waals surface area contributed by atoms with Gasteiger partial charge in [-0.1, -0.05) is 36.4 Å². The van der Waals surface area contributed by atoms with E-state index in [1.54, 1.807) is 24.9 Å². The van der Waals surface area contributed by atoms with Crippen LogP contribution in [0.1, 0.15) is 39.4 Å². The van der Waals surface area contributed by atoms with Crippen molar-refractivity contribution in [3.63, 3.8) is 0 Å². The monoisotopic (exact) mass is 461 g/mol. The number of carbonyl (C=O) groups excluding carboxylic acids is 1. The molecule has 2 aromatic carbocycles. The van der Waals surface area contributed by atoms with E-state index in [2.05, 4.69) is 10.3 Å². The van der Waals surface area contributed by atoms with Crippen LogP contribution in [-0.2, 0) is 11.3 Å². The Hall–Kier alpha value is -3.36. The smallest absolute Gasteiger partial charge is 0.329 e. The molecule has 1 atom stereocenters. The molecule has 2 heterocycles. The molecule has 0 saturated carbocycles. The van der Waals surface area contributed by atoms with E-state index in [1.165, 1.54) is 4.57 Å². The Labute approximate surface area is 194 Å². The molecule has 8 heteroatoms. The Morgan fingerprint density at radius 3 is 2.45 bits per heavy atom. The van der Waals surface area contributed by atoms with Gasteiger partial charge >= 0.3 is 5.69 Å². The van der Waals surface area contributed by atoms with Crippen LogP contribution in [0.4, 0.5) is 5.82 Å². The minimum atomic E-state index is -0.593. The third-order valence-corrected chi connectivity index (χ3v) is 6.93. The number of benzene rings is 2. The van der Waals surface area contributed by atoms with Gasteiger partial charge in [0.15, 0.2) is 5.78 Å². The number of ketones is 1. The van der Waals surface area contributed by atoms with E-state index in [0.717, 1.165) is 16.0 Å². The van der Waals surface area contributed by atoms with Crippen molar-refractivity contribution in [2.75, 3.05) is 25.3 Å². The lowest BCUT2D eigenvalue weighted by molar-refractivity contribution is 0.103. The van der Waals surface area contributed by atoms with Gasteiger partial charge in [-0.15, -0.1) is 11.8 Å². The first-order valence-corrected chi connectivity index (χ1v) is 11.9. The molecule has 0 radical (unpaired) electrons. The number of ether oxygens (including phenoxy) is 1. The minimum absolute atomic E-state index is 0.103. The van der Waals surface area contributed by atoms with E-state index in [1.807, 2.05) is 48.7 Å². The molecule has 1 aliphatic heterocycles. The summed E-state index contributed by atoms with van der Waals surface area (Å²) < 4.78 is 6.69. The average Bonchev–Trinajstić information content (AvgIpc) is 3.12. The highest BCUT2D eigenvalue weighted by Gasteiger charge is 2.42. The summed E-state index contributed by atoms with van der Waals surface area (Å²) in [6.07, 6.45) is 2.60. The van der Waals surface area contributed by atoms with E-state index >= 15 is 0 Å². The molecular weight excluding hydrogens is 438 g/mol. The van der Waals surface area contributed by atoms with Crippen LogP contribution in [0, 0.1) is 0 Å². The van der Waals surface area contributed by atoms with Crippen molar-refractivity contribution in [1.29, 1.82) is 0 Å². The number of aromatic amines is 1. The maximum absolute atomic E-state index is 13.5. The highest BCUT2D eigenvalue weighted by atomic mass is 32.2. The lowest BCUT2D eigenvalue weighted by Gasteiger charge is -2.29. The lowest BCUT2D eigenvalue weighted by atomic mass is 9.81. The molecule has 168 valence electrons. The summed E-state index contributed by atoms with van der Waals surface area (Å²) in [4.78, 5) is 43.0. The second-order valence-electron chi connectivity index (χ2n) is 8.01. The van der Waals surface area contributed by atoms with E-state index in [9.17, 15) is 14.4 Å². The molecule has 7 nitrogen and oxygen atoms in total. The van der Waals surface area contributed by atoms with Gasteiger partial charge in [0.25, 0.3) is 5.56 Å². The van der Waals surface area contributed by atoms with Crippen LogP contribution in [0.5, 0.6) is 0 Å². The summed E-state index contributed by atoms with van der Waals surface area (Å²) >= 11 is 1.62. The van der Waals surface area contributed by atoms with Crippen LogP contribution in [0.15, 0.2) is 68.6 Å². The lowest BCUT2D eigenvalue weighted by Crippen LogP contribution is -2.38. The number of anilines is 1. The van der Waals surface area contributed by atoms with Crippen molar-refractivity contribution in [1.82, 2.24) is 9.55 Å². The largest absolute Gasteiger partial charge is 0.385 e. The van der Waals surface area contributed by atoms with Crippen molar-refractivity contribution in [2.45, 2.75) is 23.8 Å². The van der Waals surface area contributed by atoms with Gasteiger partial charge in [0.2, 0.25) is 0 Å². The number of rotatable bonds is 6. The van der Waals surface area contributed by atoms with E-state index < -0.39 is 17.2 Å². The highest BCUT2D eigenvalue weighted by molar-refractivity contribution is 7.98. The highest BCUT2D eigenvalue weighted by Crippen LogP contribution is 2.47. The number of fused-ring (bicyclic) bond motifs is 3. The Balaban J connectivity index is 1.77. The topological polar surface area (TPSA) is 93.2 Å². The number of hydrogen-bond donors (Lipinski definition) is 2. The Morgan fingerprint density at radius 2 is 1.76 bits per heavy atom. The Kier molecular flexibility index (Phi) is 5.55. The van der Waals surface area contributed by atoms with Gasteiger partial charge in [-0.3, -0.25) is 19.1 Å². The van der Waals surface area contributed by atoms with Crippen LogP contribution >= 0.6 is 11.8 Å². The SMILES string of the molecule is COCCCn1c2c(c(=O)[nH]c1=O)[C@H](c1ccc(SC)cc1)C1=C(N2)c2ccccc2C1=O. The fourth-order valence-corrected chi connectivity index (χ4v) is 5.08. The summed E-state index contributed by atoms with van der Waals surface area (Å²) in [7, 11) is 1.61. The van der Waals surface area contributed by atoms with E-state index in [4.69, 9.17) is 4.74 Å². The number of H-pyrrole nitrogens is 1. The summed E-state index contributed by atoms with van der Waals surface area (Å²) in [5.74, 6) is -0.263. The van der Waals surface area contributed by atoms with Gasteiger partial charge in [0, 0.05) is 47.8 Å². The summed E-state index contributed by atoms with van der Waals surface area (Å²) in [5, 5.41) is 3.30. The second-order valence-corrected chi connectivity index (χ2v) is 8.89. The predicted octanol–water partition coefficient (Wildman–Crippen LogP) is 3.46. The molecule has 2 aliphatic rings. The van der Waals surface area contributed by atoms with Crippen LogP contribution < -0.4 is 16.6 Å². The zero-order chi connectivity index (χ0) is 23.1. The first-order valence-electron chi connectivity index (χ1n) is 10.7. The second kappa shape index (κ2) is 8.53. The van der Waals surface area contributed by atoms with Gasteiger partial charge in [-0.25, -0.2) is 4.79 Å². The number of nitrogens with zero attached hydrogens (tertiary/aromatic N) is 1. The fraction of sp³-hybridized carbons (Fsp3) is 0.240. The van der Waals surface area contributed by atoms with Crippen molar-refractivity contribution < 1.29 is 9.53 Å². The molecule has 0 bridgehead atoms. The maximum Gasteiger partial charge on any atom is 0.329 e. The number of nitrogens with one attached hydrogen (secondary N) is 2. The number of allylic oxidation sites excluding steroid dienone is 1. The normalized spacial score (nSPS) is 16.3. The standard InChI is InChI=1S/C25H23N3O4S/c1-32-13-5-12-28-23-20(24(30)27-25(28)31)18(14-8-10-15(33-2)11-9-14)19-21(26-23)16-6-3-4-7-17(16)22(19)29/h3-4,6-11,18,26H,5,12-13H2,1-2H3,(H,27,30,31)/t18-/m1/s1. The predicted molar refractivity (Wildman–Crippen MR) is 129 cm³/mol. The summed E-state index contributed by atoms with van der Waals surface area (Å²) in [6.45, 7) is 0.851. The maximum atomic E-state index is 13.5. The van der Waals surface area contributed by atoms with Crippen molar-refractivity contribution in [3.05, 3.63) is 97.2 Å². The van der Waals surface area contributed by atoms with Crippen molar-refractivity contribution in [3.8, 4) is 0 Å². The van der Waals surface area contributed by atoms with Gasteiger partial charge < -0.3 is 10.1 Å². The van der Waals surface area contributed by atoms with Gasteiger partial charge in [0.1, 0.15) is 5.82 Å². The molecule has 0 amide bonds. The molecule has 0 fully saturated rings. The Bertz CT molecular complexity index is 1400. The number of hydrogen-bond acceptors (Lipinski definition) is 6. The number of methoxy groups -OCH3 is 1. The fourth-order valence-electron chi connectivity index (χ4n) is 4.67. The molecular formula is C25H23N3O4S. The molecule has 2 N–H and O–H groups in total. The van der Waals surface area contributed by atoms with Crippen LogP contribution in [0.2, 0.25) is 0 Å². The molecule has 1 aliphatic carbocycles. The van der Waals surface area contributed by atoms with Crippen LogP contribution in [0.25, 0.3) is 5.70 Å². The first-order chi connectivity index (χ1) is 16.0. The number of carbonyl (C=O) groups is 1. The average molecular weight is 462 g/mol. The molecule has 0 spiro atoms. The molecule has 0 saturated heterocycles. The number of Topliss-reactive ketones (excluding diaryl/α,β-unsaturated/α-hetero) is 1. The molecule has 33 heavy (non-hydrogen) atoms.